The lowest BCUT2D eigenvalue weighted by atomic mass is 10.3. The molecule has 7 nitrogen and oxygen atoms in total. The van der Waals surface area contributed by atoms with Crippen LogP contribution in [0, 0.1) is 0 Å². The van der Waals surface area contributed by atoms with Gasteiger partial charge < -0.3 is 4.90 Å². The molecule has 2 aromatic rings. The molecule has 0 saturated heterocycles. The molecule has 0 bridgehead atoms. The summed E-state index contributed by atoms with van der Waals surface area (Å²) in [5.74, 6) is -1.38. The molecule has 0 fully saturated rings. The Kier molecular flexibility index (Phi) is 3.87. The normalized spacial score (nSPS) is 9.95. The molecule has 2 rings (SSSR count). The van der Waals surface area contributed by atoms with Crippen LogP contribution >= 0.6 is 0 Å². The van der Waals surface area contributed by atoms with E-state index in [0.29, 0.717) is 12.2 Å². The van der Waals surface area contributed by atoms with Crippen LogP contribution in [-0.4, -0.2) is 33.2 Å². The Hall–Kier alpha value is -2.70. The van der Waals surface area contributed by atoms with Crippen molar-refractivity contribution in [1.29, 1.82) is 0 Å². The number of benzene rings is 1. The van der Waals surface area contributed by atoms with Crippen molar-refractivity contribution in [3.05, 3.63) is 43.0 Å². The summed E-state index contributed by atoms with van der Waals surface area (Å²) in [6.45, 7) is 2.20. The average Bonchev–Trinajstić information content (AvgIpc) is 2.93. The SMILES string of the molecule is CCN(C(=O)C(=O)Nn1cnnc1)c1ccccc1. The molecule has 1 aromatic heterocycles. The van der Waals surface area contributed by atoms with E-state index in [0.717, 1.165) is 0 Å². The topological polar surface area (TPSA) is 80.1 Å². The van der Waals surface area contributed by atoms with Crippen molar-refractivity contribution >= 4 is 17.5 Å². The summed E-state index contributed by atoms with van der Waals surface area (Å²) in [7, 11) is 0. The molecule has 1 heterocycles. The van der Waals surface area contributed by atoms with Gasteiger partial charge in [-0.3, -0.25) is 15.0 Å². The van der Waals surface area contributed by atoms with Gasteiger partial charge in [-0.05, 0) is 19.1 Å². The van der Waals surface area contributed by atoms with Gasteiger partial charge in [-0.25, -0.2) is 4.68 Å². The van der Waals surface area contributed by atoms with Crippen molar-refractivity contribution < 1.29 is 9.59 Å². The van der Waals surface area contributed by atoms with E-state index in [9.17, 15) is 9.59 Å². The largest absolute Gasteiger partial charge is 0.328 e. The maximum absolute atomic E-state index is 12.1. The van der Waals surface area contributed by atoms with Gasteiger partial charge in [0.15, 0.2) is 0 Å². The van der Waals surface area contributed by atoms with Crippen molar-refractivity contribution in [2.45, 2.75) is 6.92 Å². The summed E-state index contributed by atoms with van der Waals surface area (Å²) >= 11 is 0. The van der Waals surface area contributed by atoms with Crippen LogP contribution in [0.3, 0.4) is 0 Å². The molecule has 7 heteroatoms. The quantitative estimate of drug-likeness (QED) is 0.809. The maximum Gasteiger partial charge on any atom is 0.328 e. The molecule has 0 spiro atoms. The van der Waals surface area contributed by atoms with Crippen molar-refractivity contribution in [2.75, 3.05) is 16.9 Å². The monoisotopic (exact) mass is 259 g/mol. The zero-order valence-corrected chi connectivity index (χ0v) is 10.4. The van der Waals surface area contributed by atoms with Crippen LogP contribution in [0.1, 0.15) is 6.92 Å². The van der Waals surface area contributed by atoms with Crippen molar-refractivity contribution in [1.82, 2.24) is 14.9 Å². The Morgan fingerprint density at radius 3 is 2.42 bits per heavy atom. The van der Waals surface area contributed by atoms with E-state index in [2.05, 4.69) is 15.6 Å². The fourth-order valence-corrected chi connectivity index (χ4v) is 1.60. The van der Waals surface area contributed by atoms with E-state index in [1.807, 2.05) is 18.2 Å². The van der Waals surface area contributed by atoms with Crippen LogP contribution < -0.4 is 10.3 Å². The Balaban J connectivity index is 2.11. The van der Waals surface area contributed by atoms with Gasteiger partial charge in [0.2, 0.25) is 0 Å². The van der Waals surface area contributed by atoms with Gasteiger partial charge in [-0.1, -0.05) is 18.2 Å². The van der Waals surface area contributed by atoms with E-state index < -0.39 is 11.8 Å². The molecule has 0 aliphatic rings. The highest BCUT2D eigenvalue weighted by Crippen LogP contribution is 2.12. The lowest BCUT2D eigenvalue weighted by Gasteiger charge is -2.20. The second-order valence-electron chi connectivity index (χ2n) is 3.70. The predicted molar refractivity (Wildman–Crippen MR) is 68.9 cm³/mol. The van der Waals surface area contributed by atoms with Crippen LogP contribution in [0.4, 0.5) is 5.69 Å². The number of hydrogen-bond donors (Lipinski definition) is 1. The maximum atomic E-state index is 12.1. The third kappa shape index (κ3) is 2.95. The zero-order chi connectivity index (χ0) is 13.7. The fraction of sp³-hybridized carbons (Fsp3) is 0.167. The number of carbonyl (C=O) groups excluding carboxylic acids is 2. The summed E-state index contributed by atoms with van der Waals surface area (Å²) in [6.07, 6.45) is 2.59. The van der Waals surface area contributed by atoms with Crippen molar-refractivity contribution in [2.24, 2.45) is 0 Å². The lowest BCUT2D eigenvalue weighted by Crippen LogP contribution is -2.41. The average molecular weight is 259 g/mol. The minimum absolute atomic E-state index is 0.401. The van der Waals surface area contributed by atoms with Crippen molar-refractivity contribution in [3.8, 4) is 0 Å². The molecule has 0 aliphatic heterocycles. The Bertz CT molecular complexity index is 553. The minimum Gasteiger partial charge on any atom is -0.304 e. The second kappa shape index (κ2) is 5.76. The van der Waals surface area contributed by atoms with Gasteiger partial charge in [0.25, 0.3) is 0 Å². The molecule has 0 saturated carbocycles. The zero-order valence-electron chi connectivity index (χ0n) is 10.4. The Morgan fingerprint density at radius 2 is 1.84 bits per heavy atom. The van der Waals surface area contributed by atoms with E-state index in [1.54, 1.807) is 19.1 Å². The van der Waals surface area contributed by atoms with Crippen LogP contribution in [-0.2, 0) is 9.59 Å². The number of anilines is 1. The summed E-state index contributed by atoms with van der Waals surface area (Å²) in [6, 6.07) is 9.01. The molecule has 1 N–H and O–H groups in total. The van der Waals surface area contributed by atoms with E-state index in [-0.39, 0.29) is 0 Å². The highest BCUT2D eigenvalue weighted by molar-refractivity contribution is 6.43. The number of likely N-dealkylation sites (N-methyl/N-ethyl adjacent to an activating group) is 1. The summed E-state index contributed by atoms with van der Waals surface area (Å²) in [5, 5.41) is 7.06. The van der Waals surface area contributed by atoms with E-state index in [1.165, 1.54) is 22.2 Å². The predicted octanol–water partition coefficient (Wildman–Crippen LogP) is 0.401. The molecule has 0 radical (unpaired) electrons. The first-order valence-electron chi connectivity index (χ1n) is 5.75. The van der Waals surface area contributed by atoms with E-state index in [4.69, 9.17) is 0 Å². The molecule has 1 aromatic carbocycles. The van der Waals surface area contributed by atoms with Gasteiger partial charge >= 0.3 is 11.8 Å². The van der Waals surface area contributed by atoms with Crippen LogP contribution in [0.5, 0.6) is 0 Å². The van der Waals surface area contributed by atoms with Gasteiger partial charge in [-0.2, -0.15) is 0 Å². The van der Waals surface area contributed by atoms with Crippen LogP contribution in [0.25, 0.3) is 0 Å². The second-order valence-corrected chi connectivity index (χ2v) is 3.70. The van der Waals surface area contributed by atoms with Gasteiger partial charge in [-0.15, -0.1) is 10.2 Å². The molecular weight excluding hydrogens is 246 g/mol. The van der Waals surface area contributed by atoms with Gasteiger partial charge in [0.1, 0.15) is 12.7 Å². The first-order valence-corrected chi connectivity index (χ1v) is 5.75. The minimum atomic E-state index is -0.745. The highest BCUT2D eigenvalue weighted by atomic mass is 16.2. The molecule has 19 heavy (non-hydrogen) atoms. The Labute approximate surface area is 109 Å². The summed E-state index contributed by atoms with van der Waals surface area (Å²) < 4.78 is 1.22. The molecule has 0 unspecified atom stereocenters. The van der Waals surface area contributed by atoms with Gasteiger partial charge in [0.05, 0.1) is 0 Å². The number of para-hydroxylation sites is 1. The van der Waals surface area contributed by atoms with Crippen LogP contribution in [0.2, 0.25) is 0 Å². The Morgan fingerprint density at radius 1 is 1.21 bits per heavy atom. The molecular formula is C12H13N5O2. The number of carbonyl (C=O) groups is 2. The summed E-state index contributed by atoms with van der Waals surface area (Å²) in [5.41, 5.74) is 3.04. The number of nitrogens with one attached hydrogen (secondary N) is 1. The van der Waals surface area contributed by atoms with Crippen molar-refractivity contribution in [3.63, 3.8) is 0 Å². The molecule has 2 amide bonds. The van der Waals surface area contributed by atoms with Gasteiger partial charge in [0, 0.05) is 12.2 Å². The van der Waals surface area contributed by atoms with Crippen LogP contribution in [0.15, 0.2) is 43.0 Å². The first kappa shape index (κ1) is 12.7. The third-order valence-electron chi connectivity index (χ3n) is 2.47. The number of amides is 2. The fourth-order valence-electron chi connectivity index (χ4n) is 1.60. The smallest absolute Gasteiger partial charge is 0.304 e. The third-order valence-corrected chi connectivity index (χ3v) is 2.47. The standard InChI is InChI=1S/C12H13N5O2/c1-2-17(10-6-4-3-5-7-10)12(19)11(18)15-16-8-13-14-9-16/h3-9H,2H2,1H3,(H,15,18). The molecule has 0 aliphatic carbocycles. The molecule has 98 valence electrons. The van der Waals surface area contributed by atoms with E-state index >= 15 is 0 Å². The number of nitrogens with zero attached hydrogens (tertiary/aromatic N) is 4. The summed E-state index contributed by atoms with van der Waals surface area (Å²) in [4.78, 5) is 25.3. The number of aromatic nitrogens is 3. The lowest BCUT2D eigenvalue weighted by molar-refractivity contribution is -0.135. The molecule has 0 atom stereocenters. The number of rotatable bonds is 3. The number of hydrogen-bond acceptors (Lipinski definition) is 4. The highest BCUT2D eigenvalue weighted by Gasteiger charge is 2.22. The first-order chi connectivity index (χ1) is 9.22.